The van der Waals surface area contributed by atoms with E-state index in [9.17, 15) is 4.79 Å². The highest BCUT2D eigenvalue weighted by molar-refractivity contribution is 9.10. The van der Waals surface area contributed by atoms with E-state index in [1.165, 1.54) is 0 Å². The molecule has 0 aliphatic heterocycles. The first-order chi connectivity index (χ1) is 8.58. The maximum atomic E-state index is 12.3. The first-order valence-corrected chi connectivity index (χ1v) is 7.00. The molecule has 1 aliphatic carbocycles. The van der Waals surface area contributed by atoms with Gasteiger partial charge < -0.3 is 10.6 Å². The fourth-order valence-corrected chi connectivity index (χ4v) is 2.75. The summed E-state index contributed by atoms with van der Waals surface area (Å²) in [5, 5.41) is 0. The number of pyridine rings is 1. The molecule has 0 bridgehead atoms. The molecule has 18 heavy (non-hydrogen) atoms. The van der Waals surface area contributed by atoms with Gasteiger partial charge in [-0.25, -0.2) is 0 Å². The smallest absolute Gasteiger partial charge is 0.255 e. The first kappa shape index (κ1) is 13.5. The van der Waals surface area contributed by atoms with Gasteiger partial charge in [0.1, 0.15) is 0 Å². The third kappa shape index (κ3) is 3.09. The number of halogens is 1. The summed E-state index contributed by atoms with van der Waals surface area (Å²) in [5.41, 5.74) is 6.51. The van der Waals surface area contributed by atoms with Crippen LogP contribution in [0.4, 0.5) is 0 Å². The molecule has 2 N–H and O–H groups in total. The van der Waals surface area contributed by atoms with Crippen molar-refractivity contribution >= 4 is 21.8 Å². The Morgan fingerprint density at radius 2 is 2.06 bits per heavy atom. The molecule has 1 amide bonds. The van der Waals surface area contributed by atoms with Gasteiger partial charge in [-0.2, -0.15) is 0 Å². The van der Waals surface area contributed by atoms with E-state index in [2.05, 4.69) is 20.9 Å². The van der Waals surface area contributed by atoms with E-state index in [0.29, 0.717) is 17.6 Å². The minimum Gasteiger partial charge on any atom is -0.339 e. The van der Waals surface area contributed by atoms with Crippen LogP contribution in [0.1, 0.15) is 36.0 Å². The number of carbonyl (C=O) groups excluding carboxylic acids is 1. The number of nitrogens with two attached hydrogens (primary N) is 1. The van der Waals surface area contributed by atoms with Gasteiger partial charge in [-0.3, -0.25) is 9.78 Å². The van der Waals surface area contributed by atoms with E-state index in [-0.39, 0.29) is 5.91 Å². The van der Waals surface area contributed by atoms with Gasteiger partial charge >= 0.3 is 0 Å². The van der Waals surface area contributed by atoms with E-state index < -0.39 is 0 Å². The molecule has 0 atom stereocenters. The fraction of sp³-hybridized carbons (Fsp3) is 0.538. The number of hydrogen-bond donors (Lipinski definition) is 1. The number of carbonyl (C=O) groups is 1. The van der Waals surface area contributed by atoms with Crippen LogP contribution >= 0.6 is 15.9 Å². The maximum Gasteiger partial charge on any atom is 0.255 e. The molecule has 1 fully saturated rings. The van der Waals surface area contributed by atoms with Crippen molar-refractivity contribution in [1.82, 2.24) is 9.88 Å². The molecular weight excluding hydrogens is 294 g/mol. The van der Waals surface area contributed by atoms with Gasteiger partial charge in [-0.05, 0) is 47.7 Å². The zero-order chi connectivity index (χ0) is 13.1. The van der Waals surface area contributed by atoms with Crippen LogP contribution in [-0.4, -0.2) is 34.9 Å². The van der Waals surface area contributed by atoms with E-state index in [0.717, 1.165) is 30.2 Å². The average molecular weight is 312 g/mol. The van der Waals surface area contributed by atoms with Gasteiger partial charge in [0.15, 0.2) is 0 Å². The van der Waals surface area contributed by atoms with Crippen molar-refractivity contribution in [2.24, 2.45) is 5.73 Å². The van der Waals surface area contributed by atoms with Crippen LogP contribution < -0.4 is 5.73 Å². The number of nitrogens with zero attached hydrogens (tertiary/aromatic N) is 2. The Bertz CT molecular complexity index is 430. The highest BCUT2D eigenvalue weighted by Crippen LogP contribution is 2.22. The van der Waals surface area contributed by atoms with Crippen LogP contribution in [0.5, 0.6) is 0 Å². The summed E-state index contributed by atoms with van der Waals surface area (Å²) in [6, 6.07) is 2.41. The summed E-state index contributed by atoms with van der Waals surface area (Å²) >= 11 is 3.33. The monoisotopic (exact) mass is 311 g/mol. The molecule has 1 aromatic heterocycles. The van der Waals surface area contributed by atoms with Crippen molar-refractivity contribution in [2.45, 2.75) is 37.8 Å². The number of rotatable bonds is 2. The molecule has 1 aliphatic rings. The predicted octanol–water partition coefficient (Wildman–Crippen LogP) is 2.19. The number of hydrogen-bond acceptors (Lipinski definition) is 3. The molecular formula is C13H18BrN3O. The second kappa shape index (κ2) is 5.80. The molecule has 0 spiro atoms. The molecule has 0 aromatic carbocycles. The lowest BCUT2D eigenvalue weighted by atomic mass is 9.91. The van der Waals surface area contributed by atoms with E-state index in [4.69, 9.17) is 5.73 Å². The van der Waals surface area contributed by atoms with Crippen molar-refractivity contribution in [1.29, 1.82) is 0 Å². The highest BCUT2D eigenvalue weighted by atomic mass is 79.9. The minimum absolute atomic E-state index is 0.0317. The fourth-order valence-electron chi connectivity index (χ4n) is 2.39. The zero-order valence-corrected chi connectivity index (χ0v) is 12.1. The molecule has 1 saturated carbocycles. The Labute approximate surface area is 116 Å². The highest BCUT2D eigenvalue weighted by Gasteiger charge is 2.25. The zero-order valence-electron chi connectivity index (χ0n) is 10.5. The maximum absolute atomic E-state index is 12.3. The van der Waals surface area contributed by atoms with E-state index >= 15 is 0 Å². The van der Waals surface area contributed by atoms with Crippen LogP contribution in [0.2, 0.25) is 0 Å². The normalized spacial score (nSPS) is 23.7. The third-order valence-corrected chi connectivity index (χ3v) is 3.99. The summed E-state index contributed by atoms with van der Waals surface area (Å²) in [4.78, 5) is 18.2. The third-order valence-electron chi connectivity index (χ3n) is 3.56. The summed E-state index contributed by atoms with van der Waals surface area (Å²) in [7, 11) is 1.87. The standard InChI is InChI=1S/C13H18BrN3O/c1-17(12-4-2-11(15)3-5-12)13(18)9-6-10(14)8-16-7-9/h6-8,11-12H,2-5,15H2,1H3. The Morgan fingerprint density at radius 3 is 2.67 bits per heavy atom. The van der Waals surface area contributed by atoms with Gasteiger partial charge in [-0.1, -0.05) is 0 Å². The molecule has 0 saturated heterocycles. The molecule has 1 aromatic rings. The SMILES string of the molecule is CN(C(=O)c1cncc(Br)c1)C1CCC(N)CC1. The second-order valence-electron chi connectivity index (χ2n) is 4.88. The lowest BCUT2D eigenvalue weighted by Crippen LogP contribution is -2.41. The lowest BCUT2D eigenvalue weighted by Gasteiger charge is -2.33. The Balaban J connectivity index is 2.04. The summed E-state index contributed by atoms with van der Waals surface area (Å²) in [6.45, 7) is 0. The van der Waals surface area contributed by atoms with Crippen molar-refractivity contribution in [3.05, 3.63) is 28.5 Å². The van der Waals surface area contributed by atoms with Crippen molar-refractivity contribution in [2.75, 3.05) is 7.05 Å². The van der Waals surface area contributed by atoms with Gasteiger partial charge in [-0.15, -0.1) is 0 Å². The first-order valence-electron chi connectivity index (χ1n) is 6.21. The quantitative estimate of drug-likeness (QED) is 0.910. The van der Waals surface area contributed by atoms with Crippen LogP contribution in [-0.2, 0) is 0 Å². The minimum atomic E-state index is 0.0317. The number of aromatic nitrogens is 1. The average Bonchev–Trinajstić information content (AvgIpc) is 2.38. The van der Waals surface area contributed by atoms with E-state index in [1.54, 1.807) is 18.5 Å². The molecule has 5 heteroatoms. The summed E-state index contributed by atoms with van der Waals surface area (Å²) in [5.74, 6) is 0.0317. The van der Waals surface area contributed by atoms with Gasteiger partial charge in [0, 0.05) is 36.0 Å². The van der Waals surface area contributed by atoms with Gasteiger partial charge in [0.25, 0.3) is 5.91 Å². The summed E-state index contributed by atoms with van der Waals surface area (Å²) in [6.07, 6.45) is 7.27. The van der Waals surface area contributed by atoms with Crippen molar-refractivity contribution in [3.63, 3.8) is 0 Å². The Hall–Kier alpha value is -0.940. The molecule has 0 unspecified atom stereocenters. The predicted molar refractivity (Wildman–Crippen MR) is 74.3 cm³/mol. The Morgan fingerprint density at radius 1 is 1.39 bits per heavy atom. The van der Waals surface area contributed by atoms with Crippen molar-refractivity contribution < 1.29 is 4.79 Å². The van der Waals surface area contributed by atoms with E-state index in [1.807, 2.05) is 11.9 Å². The Kier molecular flexibility index (Phi) is 4.35. The molecule has 1 heterocycles. The van der Waals surface area contributed by atoms with Crippen LogP contribution in [0.15, 0.2) is 22.9 Å². The van der Waals surface area contributed by atoms with Crippen LogP contribution in [0, 0.1) is 0 Å². The largest absolute Gasteiger partial charge is 0.339 e. The van der Waals surface area contributed by atoms with Gasteiger partial charge in [0.05, 0.1) is 5.56 Å². The lowest BCUT2D eigenvalue weighted by molar-refractivity contribution is 0.0689. The molecule has 0 radical (unpaired) electrons. The number of amides is 1. The van der Waals surface area contributed by atoms with Gasteiger partial charge in [0.2, 0.25) is 0 Å². The van der Waals surface area contributed by atoms with Crippen LogP contribution in [0.3, 0.4) is 0 Å². The summed E-state index contributed by atoms with van der Waals surface area (Å²) < 4.78 is 0.826. The van der Waals surface area contributed by atoms with Crippen molar-refractivity contribution in [3.8, 4) is 0 Å². The molecule has 98 valence electrons. The van der Waals surface area contributed by atoms with Crippen LogP contribution in [0.25, 0.3) is 0 Å². The molecule has 4 nitrogen and oxygen atoms in total. The molecule has 2 rings (SSSR count). The topological polar surface area (TPSA) is 59.2 Å². The second-order valence-corrected chi connectivity index (χ2v) is 5.79.